The minimum absolute atomic E-state index is 0.663. The molecule has 1 aliphatic heterocycles. The number of aromatic nitrogens is 2. The first-order chi connectivity index (χ1) is 8.79. The fraction of sp³-hybridized carbons (Fsp3) is 0.692. The third kappa shape index (κ3) is 1.92. The molecule has 5 heteroatoms. The molecule has 0 bridgehead atoms. The van der Waals surface area contributed by atoms with Crippen LogP contribution in [0.15, 0.2) is 0 Å². The highest BCUT2D eigenvalue weighted by Crippen LogP contribution is 2.31. The van der Waals surface area contributed by atoms with Crippen molar-refractivity contribution < 1.29 is 0 Å². The summed E-state index contributed by atoms with van der Waals surface area (Å²) in [5, 5.41) is 6.50. The molecule has 1 aliphatic carbocycles. The lowest BCUT2D eigenvalue weighted by molar-refractivity contribution is 0.398. The van der Waals surface area contributed by atoms with E-state index >= 15 is 0 Å². The van der Waals surface area contributed by atoms with Gasteiger partial charge in [0.05, 0.1) is 5.69 Å². The van der Waals surface area contributed by atoms with Crippen LogP contribution in [0.5, 0.6) is 0 Å². The second kappa shape index (κ2) is 4.72. The van der Waals surface area contributed by atoms with E-state index in [0.717, 1.165) is 31.3 Å². The number of hydrogen-bond donors (Lipinski definition) is 2. The van der Waals surface area contributed by atoms with Crippen molar-refractivity contribution >= 4 is 11.8 Å². The third-order valence-electron chi connectivity index (χ3n) is 4.09. The Labute approximate surface area is 108 Å². The number of nitrogens with one attached hydrogen (secondary N) is 2. The van der Waals surface area contributed by atoms with Crippen LogP contribution in [-0.2, 0) is 13.0 Å². The molecule has 0 saturated heterocycles. The zero-order chi connectivity index (χ0) is 12.5. The van der Waals surface area contributed by atoms with Gasteiger partial charge in [-0.2, -0.15) is 4.98 Å². The molecule has 0 spiro atoms. The van der Waals surface area contributed by atoms with Crippen LogP contribution in [-0.4, -0.2) is 36.6 Å². The molecule has 2 N–H and O–H groups in total. The lowest BCUT2D eigenvalue weighted by Gasteiger charge is -2.37. The van der Waals surface area contributed by atoms with Crippen molar-refractivity contribution in [3.05, 3.63) is 11.3 Å². The predicted octanol–water partition coefficient (Wildman–Crippen LogP) is 1.15. The van der Waals surface area contributed by atoms with Crippen molar-refractivity contribution in [3.63, 3.8) is 0 Å². The van der Waals surface area contributed by atoms with Gasteiger partial charge in [0.2, 0.25) is 5.95 Å². The van der Waals surface area contributed by atoms with Crippen LogP contribution in [0.2, 0.25) is 0 Å². The number of hydrogen-bond acceptors (Lipinski definition) is 5. The van der Waals surface area contributed by atoms with Gasteiger partial charge in [-0.1, -0.05) is 0 Å². The van der Waals surface area contributed by atoms with Crippen molar-refractivity contribution in [1.82, 2.24) is 15.3 Å². The standard InChI is InChI=1S/C13H21N5/c1-14-13-16-11-6-7-15-8-10(11)12(17-13)18(2)9-4-3-5-9/h9,15H,3-8H2,1-2H3,(H,14,16,17). The molecule has 5 nitrogen and oxygen atoms in total. The minimum Gasteiger partial charge on any atom is -0.357 e. The Bertz CT molecular complexity index is 441. The van der Waals surface area contributed by atoms with Gasteiger partial charge < -0.3 is 15.5 Å². The summed E-state index contributed by atoms with van der Waals surface area (Å²) in [6.07, 6.45) is 4.92. The van der Waals surface area contributed by atoms with Crippen LogP contribution in [0.3, 0.4) is 0 Å². The Balaban J connectivity index is 1.99. The molecule has 18 heavy (non-hydrogen) atoms. The quantitative estimate of drug-likeness (QED) is 0.839. The molecule has 2 heterocycles. The van der Waals surface area contributed by atoms with Crippen molar-refractivity contribution in [3.8, 4) is 0 Å². The summed E-state index contributed by atoms with van der Waals surface area (Å²) in [5.74, 6) is 1.86. The maximum Gasteiger partial charge on any atom is 0.224 e. The van der Waals surface area contributed by atoms with E-state index in [1.807, 2.05) is 7.05 Å². The average molecular weight is 247 g/mol. The zero-order valence-corrected chi connectivity index (χ0v) is 11.2. The Kier molecular flexibility index (Phi) is 3.07. The lowest BCUT2D eigenvalue weighted by Crippen LogP contribution is -2.39. The predicted molar refractivity (Wildman–Crippen MR) is 73.0 cm³/mol. The summed E-state index contributed by atoms with van der Waals surface area (Å²) in [6, 6.07) is 0.663. The Hall–Kier alpha value is -1.36. The summed E-state index contributed by atoms with van der Waals surface area (Å²) < 4.78 is 0. The van der Waals surface area contributed by atoms with Gasteiger partial charge in [-0.3, -0.25) is 0 Å². The summed E-state index contributed by atoms with van der Waals surface area (Å²) in [6.45, 7) is 1.91. The molecule has 1 saturated carbocycles. The highest BCUT2D eigenvalue weighted by molar-refractivity contribution is 5.54. The van der Waals surface area contributed by atoms with Crippen molar-refractivity contribution in [2.24, 2.45) is 0 Å². The molecule has 3 rings (SSSR count). The van der Waals surface area contributed by atoms with E-state index in [-0.39, 0.29) is 0 Å². The number of nitrogens with zero attached hydrogens (tertiary/aromatic N) is 3. The number of rotatable bonds is 3. The van der Waals surface area contributed by atoms with E-state index in [9.17, 15) is 0 Å². The molecule has 1 aromatic heterocycles. The van der Waals surface area contributed by atoms with Gasteiger partial charge >= 0.3 is 0 Å². The van der Waals surface area contributed by atoms with Gasteiger partial charge in [-0.15, -0.1) is 0 Å². The van der Waals surface area contributed by atoms with Gasteiger partial charge in [-0.05, 0) is 19.3 Å². The van der Waals surface area contributed by atoms with Gasteiger partial charge in [-0.25, -0.2) is 4.98 Å². The monoisotopic (exact) mass is 247 g/mol. The third-order valence-corrected chi connectivity index (χ3v) is 4.09. The first-order valence-corrected chi connectivity index (χ1v) is 6.80. The SMILES string of the molecule is CNc1nc2c(c(N(C)C3CCC3)n1)CNCC2. The highest BCUT2D eigenvalue weighted by atomic mass is 15.2. The van der Waals surface area contributed by atoms with Gasteiger partial charge in [0.15, 0.2) is 0 Å². The van der Waals surface area contributed by atoms with Gasteiger partial charge in [0, 0.05) is 45.2 Å². The van der Waals surface area contributed by atoms with E-state index in [2.05, 4.69) is 32.5 Å². The van der Waals surface area contributed by atoms with Crippen LogP contribution in [0, 0.1) is 0 Å². The summed E-state index contributed by atoms with van der Waals surface area (Å²) in [7, 11) is 4.05. The molecule has 0 radical (unpaired) electrons. The molecule has 0 atom stereocenters. The van der Waals surface area contributed by atoms with Crippen molar-refractivity contribution in [2.45, 2.75) is 38.3 Å². The fourth-order valence-electron chi connectivity index (χ4n) is 2.68. The van der Waals surface area contributed by atoms with E-state index in [1.54, 1.807) is 0 Å². The molecule has 1 fully saturated rings. The van der Waals surface area contributed by atoms with E-state index in [4.69, 9.17) is 0 Å². The van der Waals surface area contributed by atoms with Gasteiger partial charge in [0.1, 0.15) is 5.82 Å². The Morgan fingerprint density at radius 3 is 2.83 bits per heavy atom. The zero-order valence-electron chi connectivity index (χ0n) is 11.2. The molecule has 2 aliphatic rings. The smallest absolute Gasteiger partial charge is 0.224 e. The molecule has 0 unspecified atom stereocenters. The van der Waals surface area contributed by atoms with E-state index in [0.29, 0.717) is 6.04 Å². The van der Waals surface area contributed by atoms with Crippen molar-refractivity contribution in [1.29, 1.82) is 0 Å². The maximum absolute atomic E-state index is 4.67. The summed E-state index contributed by atoms with van der Waals surface area (Å²) >= 11 is 0. The summed E-state index contributed by atoms with van der Waals surface area (Å²) in [5.41, 5.74) is 2.49. The van der Waals surface area contributed by atoms with Crippen molar-refractivity contribution in [2.75, 3.05) is 30.9 Å². The first kappa shape index (κ1) is 11.7. The Morgan fingerprint density at radius 2 is 2.17 bits per heavy atom. The average Bonchev–Trinajstić information content (AvgIpc) is 2.35. The molecule has 98 valence electrons. The van der Waals surface area contributed by atoms with Gasteiger partial charge in [0.25, 0.3) is 0 Å². The molecular weight excluding hydrogens is 226 g/mol. The van der Waals surface area contributed by atoms with Crippen LogP contribution in [0.1, 0.15) is 30.5 Å². The highest BCUT2D eigenvalue weighted by Gasteiger charge is 2.27. The lowest BCUT2D eigenvalue weighted by atomic mass is 9.91. The topological polar surface area (TPSA) is 53.1 Å². The Morgan fingerprint density at radius 1 is 1.33 bits per heavy atom. The molecular formula is C13H21N5. The van der Waals surface area contributed by atoms with E-state index < -0.39 is 0 Å². The summed E-state index contributed by atoms with van der Waals surface area (Å²) in [4.78, 5) is 11.6. The number of anilines is 2. The second-order valence-electron chi connectivity index (χ2n) is 5.17. The molecule has 0 amide bonds. The normalized spacial score (nSPS) is 19.0. The number of fused-ring (bicyclic) bond motifs is 1. The minimum atomic E-state index is 0.663. The van der Waals surface area contributed by atoms with Crippen LogP contribution >= 0.6 is 0 Å². The van der Waals surface area contributed by atoms with Crippen LogP contribution < -0.4 is 15.5 Å². The van der Waals surface area contributed by atoms with Crippen LogP contribution in [0.25, 0.3) is 0 Å². The molecule has 0 aromatic carbocycles. The largest absolute Gasteiger partial charge is 0.357 e. The first-order valence-electron chi connectivity index (χ1n) is 6.80. The maximum atomic E-state index is 4.67. The van der Waals surface area contributed by atoms with Crippen LogP contribution in [0.4, 0.5) is 11.8 Å². The fourth-order valence-corrected chi connectivity index (χ4v) is 2.68. The second-order valence-corrected chi connectivity index (χ2v) is 5.17. The van der Waals surface area contributed by atoms with E-state index in [1.165, 1.54) is 30.5 Å². The molecule has 1 aromatic rings.